The maximum absolute atomic E-state index is 13.1. The van der Waals surface area contributed by atoms with Crippen molar-refractivity contribution in [3.8, 4) is 17.3 Å². The molecule has 0 bridgehead atoms. The van der Waals surface area contributed by atoms with Crippen molar-refractivity contribution >= 4 is 17.1 Å². The van der Waals surface area contributed by atoms with Crippen LogP contribution in [-0.2, 0) is 13.6 Å². The summed E-state index contributed by atoms with van der Waals surface area (Å²) in [5.74, 6) is 2.19. The summed E-state index contributed by atoms with van der Waals surface area (Å²) in [7, 11) is 1.93. The molecule has 1 unspecified atom stereocenters. The molecule has 4 aromatic heterocycles. The van der Waals surface area contributed by atoms with E-state index in [1.165, 1.54) is 12.5 Å². The Bertz CT molecular complexity index is 1380. The number of nitrogens with zero attached hydrogens (tertiary/aromatic N) is 8. The number of hydrogen-bond acceptors (Lipinski definition) is 8. The molecule has 1 aliphatic heterocycles. The average Bonchev–Trinajstić information content (AvgIpc) is 3.19. The predicted molar refractivity (Wildman–Crippen MR) is 121 cm³/mol. The maximum atomic E-state index is 13.1. The number of amides is 1. The van der Waals surface area contributed by atoms with Gasteiger partial charge in [-0.3, -0.25) is 9.48 Å². The molecule has 1 amide bonds. The van der Waals surface area contributed by atoms with E-state index in [-0.39, 0.29) is 12.0 Å². The number of aromatic nitrogens is 7. The fraction of sp³-hybridized carbons (Fsp3) is 0.478. The fourth-order valence-corrected chi connectivity index (χ4v) is 4.68. The van der Waals surface area contributed by atoms with Crippen LogP contribution >= 0.6 is 0 Å². The zero-order valence-electron chi connectivity index (χ0n) is 19.4. The van der Waals surface area contributed by atoms with Gasteiger partial charge in [0, 0.05) is 38.2 Å². The first-order valence-electron chi connectivity index (χ1n) is 11.7. The first kappa shape index (κ1) is 20.8. The maximum Gasteiger partial charge on any atom is 0.259 e. The molecule has 34 heavy (non-hydrogen) atoms. The van der Waals surface area contributed by atoms with E-state index in [9.17, 15) is 4.79 Å². The lowest BCUT2D eigenvalue weighted by Crippen LogP contribution is -2.31. The van der Waals surface area contributed by atoms with E-state index in [2.05, 4.69) is 27.1 Å². The summed E-state index contributed by atoms with van der Waals surface area (Å²) in [6.07, 6.45) is 7.49. The van der Waals surface area contributed by atoms with Crippen molar-refractivity contribution in [3.05, 3.63) is 35.7 Å². The van der Waals surface area contributed by atoms with Crippen molar-refractivity contribution < 1.29 is 14.1 Å². The molecule has 0 spiro atoms. The molecule has 176 valence electrons. The van der Waals surface area contributed by atoms with Gasteiger partial charge in [-0.15, -0.1) is 0 Å². The highest BCUT2D eigenvalue weighted by Gasteiger charge is 2.36. The van der Waals surface area contributed by atoms with Crippen LogP contribution in [0, 0.1) is 6.92 Å². The number of hydrogen-bond donors (Lipinski definition) is 0. The highest BCUT2D eigenvalue weighted by Crippen LogP contribution is 2.42. The van der Waals surface area contributed by atoms with E-state index in [0.29, 0.717) is 48.0 Å². The number of carbonyl (C=O) groups is 1. The van der Waals surface area contributed by atoms with Gasteiger partial charge in [0.1, 0.15) is 23.8 Å². The third kappa shape index (κ3) is 3.34. The Hall–Kier alpha value is -3.76. The first-order valence-corrected chi connectivity index (χ1v) is 11.7. The molecule has 1 aliphatic carbocycles. The van der Waals surface area contributed by atoms with Gasteiger partial charge in [0.25, 0.3) is 5.91 Å². The molecule has 11 heteroatoms. The van der Waals surface area contributed by atoms with E-state index in [0.717, 1.165) is 42.2 Å². The smallest absolute Gasteiger partial charge is 0.259 e. The van der Waals surface area contributed by atoms with Gasteiger partial charge >= 0.3 is 0 Å². The highest BCUT2D eigenvalue weighted by atomic mass is 16.5. The fourth-order valence-electron chi connectivity index (χ4n) is 4.68. The second-order valence-corrected chi connectivity index (χ2v) is 8.96. The van der Waals surface area contributed by atoms with Gasteiger partial charge in [-0.1, -0.05) is 5.16 Å². The molecule has 11 nitrogen and oxygen atoms in total. The van der Waals surface area contributed by atoms with Crippen LogP contribution in [0.25, 0.3) is 22.6 Å². The van der Waals surface area contributed by atoms with Crippen LogP contribution in [0.5, 0.6) is 5.88 Å². The first-order chi connectivity index (χ1) is 16.5. The number of imidazole rings is 1. The number of carbonyl (C=O) groups excluding carboxylic acids is 1. The molecular formula is C23H26N8O3. The zero-order valence-corrected chi connectivity index (χ0v) is 19.4. The van der Waals surface area contributed by atoms with E-state index in [4.69, 9.17) is 14.2 Å². The summed E-state index contributed by atoms with van der Waals surface area (Å²) in [6.45, 7) is 5.96. The molecule has 2 fully saturated rings. The summed E-state index contributed by atoms with van der Waals surface area (Å²) in [5.41, 5.74) is 3.85. The van der Waals surface area contributed by atoms with Gasteiger partial charge in [-0.2, -0.15) is 10.1 Å². The standard InChI is InChI=1S/C23H26N8O3/c1-4-31-13(2)16(9-26-31)20-28-18-21(29(20)3)24-12-25-22(18)33-15-7-8-30(11-15)23(32)17-10-27-34-19(17)14-5-6-14/h9-10,12,14-15H,4-8,11H2,1-3H3. The van der Waals surface area contributed by atoms with Gasteiger partial charge in [-0.05, 0) is 26.7 Å². The molecule has 5 heterocycles. The van der Waals surface area contributed by atoms with Gasteiger partial charge in [0.05, 0.1) is 24.5 Å². The molecule has 4 aromatic rings. The van der Waals surface area contributed by atoms with Crippen LogP contribution in [0.1, 0.15) is 53.9 Å². The number of ether oxygens (including phenoxy) is 1. The largest absolute Gasteiger partial charge is 0.471 e. The lowest BCUT2D eigenvalue weighted by molar-refractivity contribution is 0.0769. The van der Waals surface area contributed by atoms with Crippen LogP contribution in [-0.4, -0.2) is 64.5 Å². The third-order valence-electron chi connectivity index (χ3n) is 6.75. The van der Waals surface area contributed by atoms with Crippen LogP contribution in [0.4, 0.5) is 0 Å². The summed E-state index contributed by atoms with van der Waals surface area (Å²) < 4.78 is 15.5. The van der Waals surface area contributed by atoms with Crippen molar-refractivity contribution in [2.45, 2.75) is 51.7 Å². The van der Waals surface area contributed by atoms with Crippen molar-refractivity contribution in [1.29, 1.82) is 0 Å². The van der Waals surface area contributed by atoms with Crippen LogP contribution < -0.4 is 4.74 Å². The summed E-state index contributed by atoms with van der Waals surface area (Å²) in [6, 6.07) is 0. The molecule has 1 atom stereocenters. The molecular weight excluding hydrogens is 436 g/mol. The minimum absolute atomic E-state index is 0.0504. The molecule has 1 saturated heterocycles. The third-order valence-corrected chi connectivity index (χ3v) is 6.75. The normalized spacial score (nSPS) is 18.2. The lowest BCUT2D eigenvalue weighted by atomic mass is 10.2. The number of aryl methyl sites for hydroxylation is 2. The van der Waals surface area contributed by atoms with Crippen LogP contribution in [0.3, 0.4) is 0 Å². The average molecular weight is 463 g/mol. The molecule has 2 aliphatic rings. The number of rotatable bonds is 6. The van der Waals surface area contributed by atoms with E-state index < -0.39 is 0 Å². The topological polar surface area (TPSA) is 117 Å². The SMILES string of the molecule is CCn1ncc(-c2nc3c(OC4CCN(C(=O)c5cnoc5C5CC5)C4)ncnc3n2C)c1C. The molecule has 6 rings (SSSR count). The van der Waals surface area contributed by atoms with Crippen LogP contribution in [0.2, 0.25) is 0 Å². The predicted octanol–water partition coefficient (Wildman–Crippen LogP) is 2.71. The molecule has 1 saturated carbocycles. The Kier molecular flexibility index (Phi) is 4.85. The van der Waals surface area contributed by atoms with E-state index in [1.807, 2.05) is 29.4 Å². The zero-order chi connectivity index (χ0) is 23.4. The summed E-state index contributed by atoms with van der Waals surface area (Å²) in [4.78, 5) is 28.5. The Morgan fingerprint density at radius 1 is 1.24 bits per heavy atom. The van der Waals surface area contributed by atoms with Crippen LogP contribution in [0.15, 0.2) is 23.2 Å². The van der Waals surface area contributed by atoms with Gasteiger partial charge in [-0.25, -0.2) is 9.97 Å². The summed E-state index contributed by atoms with van der Waals surface area (Å²) in [5, 5.41) is 8.30. The molecule has 0 aromatic carbocycles. The molecule has 0 radical (unpaired) electrons. The molecule has 0 N–H and O–H groups in total. The van der Waals surface area contributed by atoms with Gasteiger partial charge < -0.3 is 18.7 Å². The highest BCUT2D eigenvalue weighted by molar-refractivity contribution is 5.95. The van der Waals surface area contributed by atoms with Crippen molar-refractivity contribution in [2.24, 2.45) is 7.05 Å². The Labute approximate surface area is 195 Å². The van der Waals surface area contributed by atoms with E-state index >= 15 is 0 Å². The number of likely N-dealkylation sites (tertiary alicyclic amines) is 1. The summed E-state index contributed by atoms with van der Waals surface area (Å²) >= 11 is 0. The Morgan fingerprint density at radius 3 is 2.85 bits per heavy atom. The van der Waals surface area contributed by atoms with Crippen molar-refractivity contribution in [2.75, 3.05) is 13.1 Å². The van der Waals surface area contributed by atoms with Crippen molar-refractivity contribution in [3.63, 3.8) is 0 Å². The van der Waals surface area contributed by atoms with E-state index in [1.54, 1.807) is 4.90 Å². The van der Waals surface area contributed by atoms with Gasteiger partial charge in [0.2, 0.25) is 5.88 Å². The quantitative estimate of drug-likeness (QED) is 0.429. The second-order valence-electron chi connectivity index (χ2n) is 8.96. The van der Waals surface area contributed by atoms with Crippen molar-refractivity contribution in [1.82, 2.24) is 39.4 Å². The number of fused-ring (bicyclic) bond motifs is 1. The Morgan fingerprint density at radius 2 is 2.09 bits per heavy atom. The Balaban J connectivity index is 1.23. The minimum Gasteiger partial charge on any atom is -0.471 e. The monoisotopic (exact) mass is 462 g/mol. The second kappa shape index (κ2) is 7.93. The van der Waals surface area contributed by atoms with Gasteiger partial charge in [0.15, 0.2) is 16.9 Å². The lowest BCUT2D eigenvalue weighted by Gasteiger charge is -2.16. The minimum atomic E-state index is -0.179.